The zero-order valence-corrected chi connectivity index (χ0v) is 10.8. The fourth-order valence-electron chi connectivity index (χ4n) is 1.53. The highest BCUT2D eigenvalue weighted by molar-refractivity contribution is 9.10. The van der Waals surface area contributed by atoms with E-state index in [9.17, 15) is 0 Å². The fourth-order valence-corrected chi connectivity index (χ4v) is 1.94. The van der Waals surface area contributed by atoms with E-state index in [2.05, 4.69) is 47.2 Å². The number of aliphatic hydroxyl groups is 1. The first kappa shape index (κ1) is 12.7. The number of nitrogens with one attached hydrogen (secondary N) is 1. The molecule has 2 atom stereocenters. The summed E-state index contributed by atoms with van der Waals surface area (Å²) in [7, 11) is 0. The molecule has 0 aliphatic rings. The lowest BCUT2D eigenvalue weighted by Crippen LogP contribution is -2.33. The first-order chi connectivity index (χ1) is 7.17. The van der Waals surface area contributed by atoms with Gasteiger partial charge in [0.05, 0.1) is 6.61 Å². The van der Waals surface area contributed by atoms with Gasteiger partial charge >= 0.3 is 0 Å². The number of rotatable bonds is 5. The monoisotopic (exact) mass is 271 g/mol. The predicted octanol–water partition coefficient (Wildman–Crippen LogP) is 2.87. The Balaban J connectivity index is 2.64. The Kier molecular flexibility index (Phi) is 5.29. The van der Waals surface area contributed by atoms with Crippen molar-refractivity contribution in [1.29, 1.82) is 0 Å². The van der Waals surface area contributed by atoms with E-state index < -0.39 is 0 Å². The molecule has 1 aromatic rings. The van der Waals surface area contributed by atoms with E-state index >= 15 is 0 Å². The lowest BCUT2D eigenvalue weighted by Gasteiger charge is -2.20. The Morgan fingerprint density at radius 1 is 1.47 bits per heavy atom. The van der Waals surface area contributed by atoms with E-state index in [0.29, 0.717) is 0 Å². The SMILES string of the molecule is CC[C@H](CO)N[C@@H](C)c1cccc(Br)c1. The lowest BCUT2D eigenvalue weighted by molar-refractivity contribution is 0.230. The van der Waals surface area contributed by atoms with Gasteiger partial charge in [-0.05, 0) is 31.0 Å². The van der Waals surface area contributed by atoms with E-state index in [1.54, 1.807) is 0 Å². The molecule has 0 bridgehead atoms. The molecule has 2 nitrogen and oxygen atoms in total. The Labute approximate surface area is 99.8 Å². The summed E-state index contributed by atoms with van der Waals surface area (Å²) in [4.78, 5) is 0. The van der Waals surface area contributed by atoms with Crippen LogP contribution in [0.1, 0.15) is 31.9 Å². The minimum absolute atomic E-state index is 0.180. The molecule has 1 aromatic carbocycles. The highest BCUT2D eigenvalue weighted by Gasteiger charge is 2.10. The molecule has 0 aliphatic carbocycles. The van der Waals surface area contributed by atoms with E-state index in [-0.39, 0.29) is 18.7 Å². The standard InChI is InChI=1S/C12H18BrNO/c1-3-12(8-15)14-9(2)10-5-4-6-11(13)7-10/h4-7,9,12,14-15H,3,8H2,1-2H3/t9-,12+/m0/s1. The summed E-state index contributed by atoms with van der Waals surface area (Å²) < 4.78 is 1.09. The Bertz CT molecular complexity index is 299. The van der Waals surface area contributed by atoms with Crippen molar-refractivity contribution in [3.05, 3.63) is 34.3 Å². The van der Waals surface area contributed by atoms with Crippen LogP contribution in [0.15, 0.2) is 28.7 Å². The first-order valence-electron chi connectivity index (χ1n) is 5.29. The molecule has 0 aliphatic heterocycles. The van der Waals surface area contributed by atoms with E-state index in [1.807, 2.05) is 12.1 Å². The summed E-state index contributed by atoms with van der Waals surface area (Å²) >= 11 is 3.45. The van der Waals surface area contributed by atoms with Crippen molar-refractivity contribution in [3.8, 4) is 0 Å². The highest BCUT2D eigenvalue weighted by Crippen LogP contribution is 2.18. The molecule has 0 fully saturated rings. The van der Waals surface area contributed by atoms with Crippen molar-refractivity contribution in [2.75, 3.05) is 6.61 Å². The van der Waals surface area contributed by atoms with Crippen LogP contribution in [0.25, 0.3) is 0 Å². The van der Waals surface area contributed by atoms with Crippen LogP contribution in [-0.4, -0.2) is 17.8 Å². The quantitative estimate of drug-likeness (QED) is 0.863. The molecule has 0 radical (unpaired) electrons. The molecular formula is C12H18BrNO. The van der Waals surface area contributed by atoms with Gasteiger partial charge in [0, 0.05) is 16.6 Å². The minimum Gasteiger partial charge on any atom is -0.395 e. The summed E-state index contributed by atoms with van der Waals surface area (Å²) in [6.45, 7) is 4.37. The molecular weight excluding hydrogens is 254 g/mol. The largest absolute Gasteiger partial charge is 0.395 e. The molecule has 3 heteroatoms. The van der Waals surface area contributed by atoms with Gasteiger partial charge in [-0.2, -0.15) is 0 Å². The third kappa shape index (κ3) is 3.93. The van der Waals surface area contributed by atoms with Crippen molar-refractivity contribution in [1.82, 2.24) is 5.32 Å². The van der Waals surface area contributed by atoms with Gasteiger partial charge in [0.1, 0.15) is 0 Å². The molecule has 0 amide bonds. The smallest absolute Gasteiger partial charge is 0.0584 e. The zero-order chi connectivity index (χ0) is 11.3. The molecule has 0 saturated carbocycles. The van der Waals surface area contributed by atoms with Gasteiger partial charge in [-0.3, -0.25) is 0 Å². The second kappa shape index (κ2) is 6.26. The summed E-state index contributed by atoms with van der Waals surface area (Å²) in [5.41, 5.74) is 1.23. The van der Waals surface area contributed by atoms with Crippen LogP contribution in [-0.2, 0) is 0 Å². The normalized spacial score (nSPS) is 14.9. The minimum atomic E-state index is 0.180. The van der Waals surface area contributed by atoms with Gasteiger partial charge in [0.25, 0.3) is 0 Å². The summed E-state index contributed by atoms with van der Waals surface area (Å²) in [6.07, 6.45) is 0.939. The van der Waals surface area contributed by atoms with Crippen molar-refractivity contribution in [2.45, 2.75) is 32.4 Å². The number of halogens is 1. The third-order valence-corrected chi connectivity index (χ3v) is 3.04. The number of benzene rings is 1. The van der Waals surface area contributed by atoms with E-state index in [4.69, 9.17) is 5.11 Å². The zero-order valence-electron chi connectivity index (χ0n) is 9.20. The second-order valence-electron chi connectivity index (χ2n) is 3.73. The van der Waals surface area contributed by atoms with Gasteiger partial charge in [0.15, 0.2) is 0 Å². The van der Waals surface area contributed by atoms with Crippen LogP contribution < -0.4 is 5.32 Å². The molecule has 15 heavy (non-hydrogen) atoms. The van der Waals surface area contributed by atoms with Crippen molar-refractivity contribution in [3.63, 3.8) is 0 Å². The number of hydrogen-bond donors (Lipinski definition) is 2. The van der Waals surface area contributed by atoms with Crippen LogP contribution in [0.5, 0.6) is 0 Å². The van der Waals surface area contributed by atoms with E-state index in [1.165, 1.54) is 5.56 Å². The molecule has 0 saturated heterocycles. The van der Waals surface area contributed by atoms with Gasteiger partial charge in [-0.15, -0.1) is 0 Å². The van der Waals surface area contributed by atoms with Gasteiger partial charge < -0.3 is 10.4 Å². The van der Waals surface area contributed by atoms with Crippen LogP contribution >= 0.6 is 15.9 Å². The number of hydrogen-bond acceptors (Lipinski definition) is 2. The molecule has 2 N–H and O–H groups in total. The van der Waals surface area contributed by atoms with Crippen LogP contribution in [0.2, 0.25) is 0 Å². The van der Waals surface area contributed by atoms with Crippen LogP contribution in [0.3, 0.4) is 0 Å². The fraction of sp³-hybridized carbons (Fsp3) is 0.500. The molecule has 1 rings (SSSR count). The summed E-state index contributed by atoms with van der Waals surface area (Å²) in [6, 6.07) is 8.67. The van der Waals surface area contributed by atoms with Crippen molar-refractivity contribution < 1.29 is 5.11 Å². The number of aliphatic hydroxyl groups excluding tert-OH is 1. The average molecular weight is 272 g/mol. The highest BCUT2D eigenvalue weighted by atomic mass is 79.9. The maximum Gasteiger partial charge on any atom is 0.0584 e. The Morgan fingerprint density at radius 3 is 2.73 bits per heavy atom. The maximum atomic E-state index is 9.10. The molecule has 0 aromatic heterocycles. The Morgan fingerprint density at radius 2 is 2.20 bits per heavy atom. The maximum absolute atomic E-state index is 9.10. The average Bonchev–Trinajstić information content (AvgIpc) is 2.25. The predicted molar refractivity (Wildman–Crippen MR) is 66.9 cm³/mol. The summed E-state index contributed by atoms with van der Waals surface area (Å²) in [5, 5.41) is 12.5. The molecule has 0 heterocycles. The first-order valence-corrected chi connectivity index (χ1v) is 6.09. The molecule has 0 spiro atoms. The van der Waals surface area contributed by atoms with Crippen LogP contribution in [0, 0.1) is 0 Å². The van der Waals surface area contributed by atoms with Crippen LogP contribution in [0.4, 0.5) is 0 Å². The van der Waals surface area contributed by atoms with Crippen molar-refractivity contribution >= 4 is 15.9 Å². The van der Waals surface area contributed by atoms with Crippen molar-refractivity contribution in [2.24, 2.45) is 0 Å². The summed E-state index contributed by atoms with van der Waals surface area (Å²) in [5.74, 6) is 0. The topological polar surface area (TPSA) is 32.3 Å². The van der Waals surface area contributed by atoms with E-state index in [0.717, 1.165) is 10.9 Å². The van der Waals surface area contributed by atoms with Gasteiger partial charge in [-0.1, -0.05) is 35.0 Å². The lowest BCUT2D eigenvalue weighted by atomic mass is 10.1. The third-order valence-electron chi connectivity index (χ3n) is 2.55. The Hall–Kier alpha value is -0.380. The second-order valence-corrected chi connectivity index (χ2v) is 4.65. The molecule has 0 unspecified atom stereocenters. The van der Waals surface area contributed by atoms with Gasteiger partial charge in [0.2, 0.25) is 0 Å². The molecule has 84 valence electrons. The van der Waals surface area contributed by atoms with Gasteiger partial charge in [-0.25, -0.2) is 0 Å².